The van der Waals surface area contributed by atoms with Crippen LogP contribution in [-0.4, -0.2) is 51.1 Å². The van der Waals surface area contributed by atoms with Crippen molar-refractivity contribution in [3.05, 3.63) is 88.5 Å². The Morgan fingerprint density at radius 3 is 2.11 bits per heavy atom. The highest BCUT2D eigenvalue weighted by atomic mass is 35.5. The first-order chi connectivity index (χ1) is 18.2. The lowest BCUT2D eigenvalue weighted by molar-refractivity contribution is -0.132. The Bertz CT molecular complexity index is 1360. The van der Waals surface area contributed by atoms with Crippen LogP contribution in [0.3, 0.4) is 0 Å². The normalized spacial score (nSPS) is 16.6. The molecule has 198 valence electrons. The van der Waals surface area contributed by atoms with E-state index in [0.717, 1.165) is 24.5 Å². The lowest BCUT2D eigenvalue weighted by Crippen LogP contribution is -2.29. The number of amides is 1. The summed E-state index contributed by atoms with van der Waals surface area (Å²) in [5, 5.41) is 11.8. The molecule has 1 N–H and O–H groups in total. The van der Waals surface area contributed by atoms with Crippen molar-refractivity contribution in [1.82, 2.24) is 0 Å². The second kappa shape index (κ2) is 11.2. The largest absolute Gasteiger partial charge is 0.507 e. The molecule has 3 aromatic carbocycles. The van der Waals surface area contributed by atoms with Gasteiger partial charge in [0.1, 0.15) is 11.5 Å². The second-order valence-corrected chi connectivity index (χ2v) is 9.60. The number of hydrogen-bond donors (Lipinski definition) is 1. The average Bonchev–Trinajstić information content (AvgIpc) is 3.19. The SMILES string of the molecule is CCN(CC)c1ccc(N2C(=O)C(=O)/C(=C(\O)c3ccc(Cl)c(OC)c3)C2c2ccc(N(C)C)cc2)cc1. The van der Waals surface area contributed by atoms with Crippen LogP contribution in [0, 0.1) is 0 Å². The zero-order chi connectivity index (χ0) is 27.6. The molecule has 0 bridgehead atoms. The highest BCUT2D eigenvalue weighted by Crippen LogP contribution is 2.43. The number of ether oxygens (including phenoxy) is 1. The zero-order valence-corrected chi connectivity index (χ0v) is 23.0. The number of benzene rings is 3. The van der Waals surface area contributed by atoms with Crippen LogP contribution < -0.4 is 19.4 Å². The lowest BCUT2D eigenvalue weighted by atomic mass is 9.94. The highest BCUT2D eigenvalue weighted by molar-refractivity contribution is 6.51. The van der Waals surface area contributed by atoms with Crippen molar-refractivity contribution in [2.45, 2.75) is 19.9 Å². The van der Waals surface area contributed by atoms with Crippen LogP contribution in [0.25, 0.3) is 5.76 Å². The fourth-order valence-electron chi connectivity index (χ4n) is 4.74. The fraction of sp³-hybridized carbons (Fsp3) is 0.267. The Balaban J connectivity index is 1.89. The van der Waals surface area contributed by atoms with Crippen molar-refractivity contribution in [3.8, 4) is 5.75 Å². The van der Waals surface area contributed by atoms with E-state index < -0.39 is 17.7 Å². The molecule has 7 nitrogen and oxygen atoms in total. The van der Waals surface area contributed by atoms with Gasteiger partial charge in [0.2, 0.25) is 0 Å². The summed E-state index contributed by atoms with van der Waals surface area (Å²) in [6.45, 7) is 5.87. The molecule has 1 unspecified atom stereocenters. The number of rotatable bonds is 8. The van der Waals surface area contributed by atoms with E-state index >= 15 is 0 Å². The van der Waals surface area contributed by atoms with Gasteiger partial charge in [0, 0.05) is 49.8 Å². The molecule has 0 spiro atoms. The molecule has 8 heteroatoms. The summed E-state index contributed by atoms with van der Waals surface area (Å²) in [6, 6.07) is 19.1. The molecule has 1 heterocycles. The quantitative estimate of drug-likeness (QED) is 0.221. The second-order valence-electron chi connectivity index (χ2n) is 9.19. The molecule has 38 heavy (non-hydrogen) atoms. The van der Waals surface area contributed by atoms with Crippen molar-refractivity contribution in [1.29, 1.82) is 0 Å². The third kappa shape index (κ3) is 4.94. The van der Waals surface area contributed by atoms with Crippen molar-refractivity contribution in [2.75, 3.05) is 49.0 Å². The number of hydrogen-bond acceptors (Lipinski definition) is 6. The summed E-state index contributed by atoms with van der Waals surface area (Å²) >= 11 is 6.18. The number of nitrogens with zero attached hydrogens (tertiary/aromatic N) is 3. The molecule has 1 aliphatic rings. The van der Waals surface area contributed by atoms with Gasteiger partial charge in [-0.25, -0.2) is 0 Å². The zero-order valence-electron chi connectivity index (χ0n) is 22.2. The van der Waals surface area contributed by atoms with Crippen molar-refractivity contribution < 1.29 is 19.4 Å². The van der Waals surface area contributed by atoms with Crippen LogP contribution >= 0.6 is 11.6 Å². The molecule has 0 radical (unpaired) electrons. The third-order valence-corrected chi connectivity index (χ3v) is 7.16. The molecule has 1 saturated heterocycles. The first-order valence-corrected chi connectivity index (χ1v) is 12.9. The van der Waals surface area contributed by atoms with Gasteiger partial charge in [-0.2, -0.15) is 0 Å². The Morgan fingerprint density at radius 2 is 1.55 bits per heavy atom. The summed E-state index contributed by atoms with van der Waals surface area (Å²) < 4.78 is 5.30. The number of carbonyl (C=O) groups is 2. The van der Waals surface area contributed by atoms with E-state index in [1.54, 1.807) is 18.2 Å². The van der Waals surface area contributed by atoms with Gasteiger partial charge in [-0.1, -0.05) is 23.7 Å². The maximum absolute atomic E-state index is 13.5. The monoisotopic (exact) mass is 533 g/mol. The van der Waals surface area contributed by atoms with Crippen LogP contribution in [0.15, 0.2) is 72.3 Å². The lowest BCUT2D eigenvalue weighted by Gasteiger charge is -2.27. The topological polar surface area (TPSA) is 73.3 Å². The molecular weight excluding hydrogens is 502 g/mol. The van der Waals surface area contributed by atoms with E-state index in [1.807, 2.05) is 67.5 Å². The van der Waals surface area contributed by atoms with Crippen molar-refractivity contribution >= 4 is 46.1 Å². The van der Waals surface area contributed by atoms with E-state index in [-0.39, 0.29) is 11.3 Å². The molecule has 0 saturated carbocycles. The highest BCUT2D eigenvalue weighted by Gasteiger charge is 2.47. The van der Waals surface area contributed by atoms with Crippen LogP contribution in [0.5, 0.6) is 5.75 Å². The number of aliphatic hydroxyl groups excluding tert-OH is 1. The predicted octanol–water partition coefficient (Wildman–Crippen LogP) is 5.89. The summed E-state index contributed by atoms with van der Waals surface area (Å²) in [6.07, 6.45) is 0. The standard InChI is InChI=1S/C30H32ClN3O4/c1-6-33(7-2)22-13-15-23(16-14-22)34-27(19-8-11-21(12-9-19)32(3)4)26(29(36)30(34)37)28(35)20-10-17-24(31)25(18-20)38-5/h8-18,27,35H,6-7H2,1-5H3/b28-26-. The maximum Gasteiger partial charge on any atom is 0.300 e. The van der Waals surface area contributed by atoms with Gasteiger partial charge in [0.05, 0.1) is 23.7 Å². The van der Waals surface area contributed by atoms with Crippen LogP contribution in [0.2, 0.25) is 5.02 Å². The molecule has 4 rings (SSSR count). The van der Waals surface area contributed by atoms with Crippen LogP contribution in [-0.2, 0) is 9.59 Å². The molecule has 1 aliphatic heterocycles. The number of Topliss-reactive ketones (excluding diaryl/α,β-unsaturated/α-hetero) is 1. The fourth-order valence-corrected chi connectivity index (χ4v) is 4.94. The minimum absolute atomic E-state index is 0.00444. The van der Waals surface area contributed by atoms with E-state index in [9.17, 15) is 14.7 Å². The first kappa shape index (κ1) is 27.1. The van der Waals surface area contributed by atoms with E-state index in [1.165, 1.54) is 12.0 Å². The molecule has 0 aliphatic carbocycles. The summed E-state index contributed by atoms with van der Waals surface area (Å²) in [7, 11) is 5.34. The molecular formula is C30H32ClN3O4. The van der Waals surface area contributed by atoms with Crippen LogP contribution in [0.1, 0.15) is 31.0 Å². The molecule has 1 fully saturated rings. The number of methoxy groups -OCH3 is 1. The first-order valence-electron chi connectivity index (χ1n) is 12.5. The maximum atomic E-state index is 13.5. The Kier molecular flexibility index (Phi) is 7.97. The van der Waals surface area contributed by atoms with Gasteiger partial charge in [-0.15, -0.1) is 0 Å². The minimum atomic E-state index is -0.827. The van der Waals surface area contributed by atoms with Gasteiger partial charge < -0.3 is 19.6 Å². The number of halogens is 1. The van der Waals surface area contributed by atoms with Gasteiger partial charge >= 0.3 is 0 Å². The van der Waals surface area contributed by atoms with Crippen molar-refractivity contribution in [2.24, 2.45) is 0 Å². The third-order valence-electron chi connectivity index (χ3n) is 6.85. The van der Waals surface area contributed by atoms with E-state index in [2.05, 4.69) is 18.7 Å². The predicted molar refractivity (Wildman–Crippen MR) is 154 cm³/mol. The van der Waals surface area contributed by atoms with Crippen molar-refractivity contribution in [3.63, 3.8) is 0 Å². The summed E-state index contributed by atoms with van der Waals surface area (Å²) in [4.78, 5) is 32.6. The molecule has 0 aromatic heterocycles. The average molecular weight is 534 g/mol. The summed E-state index contributed by atoms with van der Waals surface area (Å²) in [5.74, 6) is -1.40. The van der Waals surface area contributed by atoms with Gasteiger partial charge in [0.25, 0.3) is 11.7 Å². The van der Waals surface area contributed by atoms with E-state index in [4.69, 9.17) is 16.3 Å². The van der Waals surface area contributed by atoms with Crippen LogP contribution in [0.4, 0.5) is 17.1 Å². The summed E-state index contributed by atoms with van der Waals surface area (Å²) in [5.41, 5.74) is 3.59. The Labute approximate surface area is 228 Å². The van der Waals surface area contributed by atoms with Gasteiger partial charge in [-0.05, 0) is 74.0 Å². The number of carbonyl (C=O) groups excluding carboxylic acids is 2. The smallest absolute Gasteiger partial charge is 0.300 e. The molecule has 3 aromatic rings. The van der Waals surface area contributed by atoms with Gasteiger partial charge in [0.15, 0.2) is 0 Å². The Morgan fingerprint density at radius 1 is 0.947 bits per heavy atom. The van der Waals surface area contributed by atoms with Gasteiger partial charge in [-0.3, -0.25) is 14.5 Å². The number of anilines is 3. The molecule has 1 atom stereocenters. The minimum Gasteiger partial charge on any atom is -0.507 e. The Hall–Kier alpha value is -3.97. The number of ketones is 1. The molecule has 1 amide bonds. The number of aliphatic hydroxyl groups is 1. The van der Waals surface area contributed by atoms with E-state index in [0.29, 0.717) is 27.6 Å².